The van der Waals surface area contributed by atoms with Crippen molar-refractivity contribution in [2.24, 2.45) is 0 Å². The van der Waals surface area contributed by atoms with Gasteiger partial charge >= 0.3 is 12.1 Å². The Kier molecular flexibility index (Phi) is 6.39. The summed E-state index contributed by atoms with van der Waals surface area (Å²) in [5.41, 5.74) is 1.06. The quantitative estimate of drug-likeness (QED) is 0.685. The molecule has 7 heteroatoms. The molecule has 1 heterocycles. The van der Waals surface area contributed by atoms with Gasteiger partial charge < -0.3 is 4.74 Å². The number of carbonyl (C=O) groups is 1. The van der Waals surface area contributed by atoms with Crippen LogP contribution in [0, 0.1) is 6.92 Å². The monoisotopic (exact) mass is 227 g/mol. The van der Waals surface area contributed by atoms with E-state index in [0.29, 0.717) is 5.69 Å². The van der Waals surface area contributed by atoms with Crippen LogP contribution in [0.4, 0.5) is 0 Å². The largest absolute Gasteiger partial charge is 0.464 e. The number of carbonyl (C=O) groups excluding carboxylic acids is 3. The predicted octanol–water partition coefficient (Wildman–Crippen LogP) is 0.200. The third-order valence-electron chi connectivity index (χ3n) is 1.80. The molecule has 0 fully saturated rings. The van der Waals surface area contributed by atoms with Gasteiger partial charge in [0.2, 0.25) is 0 Å². The second kappa shape index (κ2) is 7.30. The van der Waals surface area contributed by atoms with Crippen molar-refractivity contribution in [3.63, 3.8) is 0 Å². The van der Waals surface area contributed by atoms with Gasteiger partial charge in [-0.1, -0.05) is 12.1 Å². The van der Waals surface area contributed by atoms with Crippen LogP contribution in [0.3, 0.4) is 0 Å². The average Bonchev–Trinajstić information content (AvgIpc) is 2.62. The van der Waals surface area contributed by atoms with Crippen LogP contribution in [0.5, 0.6) is 0 Å². The lowest BCUT2D eigenvalue weighted by Gasteiger charge is -1.99. The summed E-state index contributed by atoms with van der Waals surface area (Å²) in [4.78, 5) is 27.4. The summed E-state index contributed by atoms with van der Waals surface area (Å²) in [6.45, 7) is 4.62. The summed E-state index contributed by atoms with van der Waals surface area (Å²) in [5.74, 6) is -0.431. The van der Waals surface area contributed by atoms with Gasteiger partial charge in [-0.15, -0.1) is 5.10 Å². The van der Waals surface area contributed by atoms with E-state index in [9.17, 15) is 4.79 Å². The van der Waals surface area contributed by atoms with Crippen molar-refractivity contribution >= 4 is 12.1 Å². The molecule has 1 rings (SSSR count). The Morgan fingerprint density at radius 1 is 1.50 bits per heavy atom. The molecule has 0 amide bonds. The van der Waals surface area contributed by atoms with E-state index in [-0.39, 0.29) is 6.15 Å². The highest BCUT2D eigenvalue weighted by Crippen LogP contribution is 2.05. The zero-order chi connectivity index (χ0) is 12.6. The molecule has 0 aliphatic carbocycles. The maximum absolute atomic E-state index is 11.1. The third kappa shape index (κ3) is 3.62. The van der Waals surface area contributed by atoms with Crippen molar-refractivity contribution < 1.29 is 19.1 Å². The molecule has 0 atom stereocenters. The maximum Gasteiger partial charge on any atom is 0.373 e. The van der Waals surface area contributed by atoms with E-state index in [1.165, 1.54) is 7.11 Å². The van der Waals surface area contributed by atoms with Crippen LogP contribution in [0.25, 0.3) is 0 Å². The third-order valence-corrected chi connectivity index (χ3v) is 1.80. The van der Waals surface area contributed by atoms with Gasteiger partial charge in [0.25, 0.3) is 0 Å². The van der Waals surface area contributed by atoms with Gasteiger partial charge in [-0.05, 0) is 13.3 Å². The van der Waals surface area contributed by atoms with E-state index < -0.39 is 5.97 Å². The summed E-state index contributed by atoms with van der Waals surface area (Å²) in [6.07, 6.45) is 1.21. The van der Waals surface area contributed by atoms with Gasteiger partial charge in [-0.2, -0.15) is 9.59 Å². The lowest BCUT2D eigenvalue weighted by molar-refractivity contribution is -0.191. The van der Waals surface area contributed by atoms with Crippen LogP contribution in [-0.2, 0) is 20.9 Å². The summed E-state index contributed by atoms with van der Waals surface area (Å²) < 4.78 is 6.25. The van der Waals surface area contributed by atoms with Crippen LogP contribution in [0.2, 0.25) is 0 Å². The summed E-state index contributed by atoms with van der Waals surface area (Å²) >= 11 is 0. The van der Waals surface area contributed by atoms with Gasteiger partial charge in [0.05, 0.1) is 12.8 Å². The summed E-state index contributed by atoms with van der Waals surface area (Å²) in [6, 6.07) is 0. The van der Waals surface area contributed by atoms with Gasteiger partial charge in [0, 0.05) is 6.54 Å². The summed E-state index contributed by atoms with van der Waals surface area (Å²) in [5, 5.41) is 7.58. The molecule has 0 unspecified atom stereocenters. The molecule has 0 saturated carbocycles. The zero-order valence-corrected chi connectivity index (χ0v) is 9.39. The number of hydrogen-bond acceptors (Lipinski definition) is 6. The topological polar surface area (TPSA) is 91.2 Å². The normalized spacial score (nSPS) is 8.69. The van der Waals surface area contributed by atoms with E-state index in [1.54, 1.807) is 4.68 Å². The van der Waals surface area contributed by atoms with Crippen LogP contribution in [0.1, 0.15) is 29.5 Å². The molecule has 1 aromatic rings. The van der Waals surface area contributed by atoms with Crippen LogP contribution in [-0.4, -0.2) is 34.2 Å². The fourth-order valence-electron chi connectivity index (χ4n) is 1.07. The Morgan fingerprint density at radius 2 is 2.06 bits per heavy atom. The lowest BCUT2D eigenvalue weighted by atomic mass is 10.3. The molecule has 16 heavy (non-hydrogen) atoms. The van der Waals surface area contributed by atoms with Crippen LogP contribution in [0.15, 0.2) is 0 Å². The number of rotatable bonds is 3. The van der Waals surface area contributed by atoms with Crippen molar-refractivity contribution in [1.82, 2.24) is 15.0 Å². The Bertz CT molecular complexity index is 380. The zero-order valence-electron chi connectivity index (χ0n) is 9.39. The first-order chi connectivity index (χ1) is 7.62. The minimum absolute atomic E-state index is 0.250. The highest BCUT2D eigenvalue weighted by Gasteiger charge is 2.15. The number of esters is 1. The van der Waals surface area contributed by atoms with Gasteiger partial charge in [-0.3, -0.25) is 0 Å². The number of ether oxygens (including phenoxy) is 1. The SMILES string of the molecule is CCCn1nnc(C(=O)OC)c1C.O=C=O. The van der Waals surface area contributed by atoms with Gasteiger partial charge in [-0.25, -0.2) is 9.48 Å². The van der Waals surface area contributed by atoms with Crippen molar-refractivity contribution in [3.05, 3.63) is 11.4 Å². The highest BCUT2D eigenvalue weighted by atomic mass is 16.5. The second-order valence-electron chi connectivity index (χ2n) is 2.82. The number of methoxy groups -OCH3 is 1. The van der Waals surface area contributed by atoms with E-state index >= 15 is 0 Å². The fourth-order valence-corrected chi connectivity index (χ4v) is 1.07. The molecule has 0 saturated heterocycles. The van der Waals surface area contributed by atoms with Crippen LogP contribution >= 0.6 is 0 Å². The smallest absolute Gasteiger partial charge is 0.373 e. The predicted molar refractivity (Wildman–Crippen MR) is 51.4 cm³/mol. The molecule has 1 aromatic heterocycles. The fraction of sp³-hybridized carbons (Fsp3) is 0.556. The molecular formula is C9H13N3O4. The van der Waals surface area contributed by atoms with Crippen LogP contribution < -0.4 is 0 Å². The molecule has 0 aromatic carbocycles. The molecule has 0 radical (unpaired) electrons. The molecule has 0 spiro atoms. The average molecular weight is 227 g/mol. The molecule has 0 N–H and O–H groups in total. The molecule has 88 valence electrons. The molecular weight excluding hydrogens is 214 g/mol. The van der Waals surface area contributed by atoms with Crippen molar-refractivity contribution in [1.29, 1.82) is 0 Å². The number of hydrogen-bond donors (Lipinski definition) is 0. The van der Waals surface area contributed by atoms with E-state index in [0.717, 1.165) is 18.7 Å². The number of nitrogens with zero attached hydrogens (tertiary/aromatic N) is 3. The maximum atomic E-state index is 11.1. The summed E-state index contributed by atoms with van der Waals surface area (Å²) in [7, 11) is 1.33. The molecule has 0 bridgehead atoms. The number of aryl methyl sites for hydroxylation is 1. The minimum Gasteiger partial charge on any atom is -0.464 e. The molecule has 7 nitrogen and oxygen atoms in total. The van der Waals surface area contributed by atoms with Gasteiger partial charge in [0.15, 0.2) is 5.69 Å². The lowest BCUT2D eigenvalue weighted by Crippen LogP contribution is -2.06. The molecule has 0 aliphatic rings. The van der Waals surface area contributed by atoms with Crippen molar-refractivity contribution in [3.8, 4) is 0 Å². The minimum atomic E-state index is -0.431. The Labute approximate surface area is 92.4 Å². The van der Waals surface area contributed by atoms with E-state index in [1.807, 2.05) is 13.8 Å². The first-order valence-electron chi connectivity index (χ1n) is 4.60. The van der Waals surface area contributed by atoms with E-state index in [2.05, 4.69) is 15.0 Å². The standard InChI is InChI=1S/C8H13N3O2.CO2/c1-4-5-11-6(2)7(9-10-11)8(12)13-3;2-1-3/h4-5H2,1-3H3;. The first-order valence-corrected chi connectivity index (χ1v) is 4.60. The Hall–Kier alpha value is -2.01. The van der Waals surface area contributed by atoms with Crippen molar-refractivity contribution in [2.75, 3.05) is 7.11 Å². The second-order valence-corrected chi connectivity index (χ2v) is 2.82. The van der Waals surface area contributed by atoms with Crippen molar-refractivity contribution in [2.45, 2.75) is 26.8 Å². The first kappa shape index (κ1) is 14.0. The Balaban J connectivity index is 0.000000673. The van der Waals surface area contributed by atoms with E-state index in [4.69, 9.17) is 9.59 Å². The Morgan fingerprint density at radius 3 is 2.50 bits per heavy atom. The molecule has 0 aliphatic heterocycles. The number of aromatic nitrogens is 3. The van der Waals surface area contributed by atoms with Gasteiger partial charge in [0.1, 0.15) is 0 Å². The highest BCUT2D eigenvalue weighted by molar-refractivity contribution is 5.88.